The molecule has 31 heavy (non-hydrogen) atoms. The molecule has 0 aromatic rings. The number of methoxy groups -OCH3 is 4. The maximum absolute atomic E-state index is 10.1. The number of hydrogen-bond donors (Lipinski definition) is 1. The maximum atomic E-state index is 10.1. The van der Waals surface area contributed by atoms with E-state index >= 15 is 0 Å². The van der Waals surface area contributed by atoms with Crippen LogP contribution in [0.5, 0.6) is 0 Å². The third kappa shape index (κ3) is 4.28. The molecule has 2 aliphatic carbocycles. The Bertz CT molecular complexity index is 643. The Balaban J connectivity index is 1.55. The molecule has 4 aliphatic rings. The predicted molar refractivity (Wildman–Crippen MR) is 117 cm³/mol. The zero-order chi connectivity index (χ0) is 22.1. The van der Waals surface area contributed by atoms with Gasteiger partial charge in [0.05, 0.1) is 42.6 Å². The third-order valence-corrected chi connectivity index (χ3v) is 9.20. The van der Waals surface area contributed by atoms with E-state index in [1.807, 2.05) is 0 Å². The van der Waals surface area contributed by atoms with Gasteiger partial charge in [0.25, 0.3) is 0 Å². The number of nitrogens with zero attached hydrogens (tertiary/aromatic N) is 2. The Labute approximate surface area is 187 Å². The Morgan fingerprint density at radius 1 is 0.742 bits per heavy atom. The van der Waals surface area contributed by atoms with Crippen molar-refractivity contribution in [1.29, 1.82) is 5.26 Å². The molecule has 7 heteroatoms. The Morgan fingerprint density at radius 2 is 1.32 bits per heavy atom. The van der Waals surface area contributed by atoms with Crippen molar-refractivity contribution in [3.63, 3.8) is 0 Å². The molecule has 2 aliphatic heterocycles. The fraction of sp³-hybridized carbons (Fsp3) is 0.958. The third-order valence-electron chi connectivity index (χ3n) is 9.20. The smallest absolute Gasteiger partial charge is 0.0836 e. The molecule has 176 valence electrons. The normalized spacial score (nSPS) is 48.5. The van der Waals surface area contributed by atoms with Crippen molar-refractivity contribution in [3.8, 4) is 6.07 Å². The number of nitriles is 1. The Morgan fingerprint density at radius 3 is 1.94 bits per heavy atom. The summed E-state index contributed by atoms with van der Waals surface area (Å²) in [6.07, 6.45) is 7.72. The van der Waals surface area contributed by atoms with Crippen LogP contribution in [0.4, 0.5) is 0 Å². The topological polar surface area (TPSA) is 90.0 Å². The largest absolute Gasteiger partial charge is 0.379 e. The summed E-state index contributed by atoms with van der Waals surface area (Å²) in [6.45, 7) is 0.989. The highest BCUT2D eigenvalue weighted by atomic mass is 16.5. The molecule has 0 amide bonds. The number of nitrogens with two attached hydrogens (primary N) is 1. The minimum absolute atomic E-state index is 0.103. The first-order valence-electron chi connectivity index (χ1n) is 12.1. The van der Waals surface area contributed by atoms with Crippen molar-refractivity contribution >= 4 is 0 Å². The zero-order valence-electron chi connectivity index (χ0n) is 19.6. The van der Waals surface area contributed by atoms with Crippen molar-refractivity contribution < 1.29 is 18.9 Å². The summed E-state index contributed by atoms with van der Waals surface area (Å²) < 4.78 is 23.0. The van der Waals surface area contributed by atoms with E-state index in [-0.39, 0.29) is 36.5 Å². The minimum Gasteiger partial charge on any atom is -0.379 e. The van der Waals surface area contributed by atoms with Crippen molar-refractivity contribution in [3.05, 3.63) is 0 Å². The molecule has 0 radical (unpaired) electrons. The average Bonchev–Trinajstić information content (AvgIpc) is 2.82. The average molecular weight is 436 g/mol. The molecule has 0 aromatic heterocycles. The van der Waals surface area contributed by atoms with Crippen LogP contribution in [0.3, 0.4) is 0 Å². The lowest BCUT2D eigenvalue weighted by Crippen LogP contribution is -2.66. The van der Waals surface area contributed by atoms with E-state index in [1.54, 1.807) is 28.4 Å². The lowest BCUT2D eigenvalue weighted by molar-refractivity contribution is -0.141. The summed E-state index contributed by atoms with van der Waals surface area (Å²) in [5.74, 6) is 1.87. The second kappa shape index (κ2) is 10.0. The van der Waals surface area contributed by atoms with Gasteiger partial charge < -0.3 is 24.7 Å². The minimum atomic E-state index is -0.183. The predicted octanol–water partition coefficient (Wildman–Crippen LogP) is 2.39. The molecule has 2 saturated heterocycles. The van der Waals surface area contributed by atoms with Gasteiger partial charge in [-0.25, -0.2) is 0 Å². The van der Waals surface area contributed by atoms with Crippen LogP contribution in [0.1, 0.15) is 44.9 Å². The highest BCUT2D eigenvalue weighted by Crippen LogP contribution is 2.50. The van der Waals surface area contributed by atoms with Gasteiger partial charge in [-0.05, 0) is 68.6 Å². The molecule has 0 aromatic carbocycles. The summed E-state index contributed by atoms with van der Waals surface area (Å²) >= 11 is 0. The first-order chi connectivity index (χ1) is 15.1. The van der Waals surface area contributed by atoms with Crippen molar-refractivity contribution in [2.75, 3.05) is 35.0 Å². The van der Waals surface area contributed by atoms with Gasteiger partial charge in [0.2, 0.25) is 0 Å². The molecule has 0 bridgehead atoms. The SMILES string of the molecule is COC1CCC(C2CC3C4CC(OC)C(OC)CC4CCN3C(N)C2C#N)CC1OC. The molecule has 7 nitrogen and oxygen atoms in total. The standard InChI is InChI=1S/C24H41N3O4/c1-28-20-6-5-14(9-21(20)29-2)16-11-19-17-12-23(31-4)22(30-3)10-15(17)7-8-27(19)24(26)18(16)13-25/h14-24H,5-12,26H2,1-4H3. The highest BCUT2D eigenvalue weighted by molar-refractivity contribution is 5.08. The fourth-order valence-electron chi connectivity index (χ4n) is 7.53. The highest BCUT2D eigenvalue weighted by Gasteiger charge is 2.53. The number of rotatable bonds is 5. The molecule has 2 heterocycles. The molecule has 4 rings (SSSR count). The van der Waals surface area contributed by atoms with E-state index in [0.717, 1.165) is 51.5 Å². The van der Waals surface area contributed by atoms with Crippen LogP contribution in [0.2, 0.25) is 0 Å². The van der Waals surface area contributed by atoms with E-state index < -0.39 is 0 Å². The van der Waals surface area contributed by atoms with Gasteiger partial charge in [-0.3, -0.25) is 4.90 Å². The van der Waals surface area contributed by atoms with E-state index in [4.69, 9.17) is 24.7 Å². The van der Waals surface area contributed by atoms with Crippen molar-refractivity contribution in [2.24, 2.45) is 35.3 Å². The molecular formula is C24H41N3O4. The molecule has 0 spiro atoms. The monoisotopic (exact) mass is 435 g/mol. The molecule has 4 fully saturated rings. The maximum Gasteiger partial charge on any atom is 0.0836 e. The van der Waals surface area contributed by atoms with E-state index in [9.17, 15) is 5.26 Å². The lowest BCUT2D eigenvalue weighted by atomic mass is 9.61. The Hall–Kier alpha value is -0.750. The number of hydrogen-bond acceptors (Lipinski definition) is 7. The fourth-order valence-corrected chi connectivity index (χ4v) is 7.53. The van der Waals surface area contributed by atoms with Gasteiger partial charge in [0, 0.05) is 41.0 Å². The molecule has 11 atom stereocenters. The van der Waals surface area contributed by atoms with Gasteiger partial charge in [-0.15, -0.1) is 0 Å². The number of ether oxygens (including phenoxy) is 4. The molecule has 11 unspecified atom stereocenters. The second-order valence-corrected chi connectivity index (χ2v) is 10.2. The molecule has 2 saturated carbocycles. The summed E-state index contributed by atoms with van der Waals surface area (Å²) in [4.78, 5) is 2.46. The van der Waals surface area contributed by atoms with Gasteiger partial charge in [-0.2, -0.15) is 5.26 Å². The quantitative estimate of drug-likeness (QED) is 0.709. The van der Waals surface area contributed by atoms with Gasteiger partial charge in [0.1, 0.15) is 0 Å². The van der Waals surface area contributed by atoms with Crippen LogP contribution in [0, 0.1) is 40.9 Å². The van der Waals surface area contributed by atoms with Crippen LogP contribution in [-0.2, 0) is 18.9 Å². The first kappa shape index (κ1) is 23.4. The van der Waals surface area contributed by atoms with Crippen LogP contribution in [0.25, 0.3) is 0 Å². The van der Waals surface area contributed by atoms with Crippen LogP contribution < -0.4 is 5.73 Å². The van der Waals surface area contributed by atoms with Crippen molar-refractivity contribution in [1.82, 2.24) is 4.90 Å². The van der Waals surface area contributed by atoms with Crippen molar-refractivity contribution in [2.45, 2.75) is 81.6 Å². The summed E-state index contributed by atoms with van der Waals surface area (Å²) in [6, 6.07) is 3.05. The molecular weight excluding hydrogens is 394 g/mol. The summed E-state index contributed by atoms with van der Waals surface area (Å²) in [5, 5.41) is 10.1. The molecule has 2 N–H and O–H groups in total. The zero-order valence-corrected chi connectivity index (χ0v) is 19.6. The van der Waals surface area contributed by atoms with E-state index in [0.29, 0.717) is 29.7 Å². The Kier molecular flexibility index (Phi) is 7.57. The van der Waals surface area contributed by atoms with Crippen LogP contribution in [-0.4, -0.2) is 76.5 Å². The second-order valence-electron chi connectivity index (χ2n) is 10.2. The lowest BCUT2D eigenvalue weighted by Gasteiger charge is -2.57. The first-order valence-corrected chi connectivity index (χ1v) is 12.1. The van der Waals surface area contributed by atoms with E-state index in [1.165, 1.54) is 0 Å². The van der Waals surface area contributed by atoms with Crippen LogP contribution in [0.15, 0.2) is 0 Å². The number of piperidine rings is 2. The summed E-state index contributed by atoms with van der Waals surface area (Å²) in [5.41, 5.74) is 6.80. The van der Waals surface area contributed by atoms with Crippen LogP contribution >= 0.6 is 0 Å². The van der Waals surface area contributed by atoms with Gasteiger partial charge in [0.15, 0.2) is 0 Å². The van der Waals surface area contributed by atoms with Gasteiger partial charge in [-0.1, -0.05) is 0 Å². The summed E-state index contributed by atoms with van der Waals surface area (Å²) in [7, 11) is 7.16. The number of fused-ring (bicyclic) bond motifs is 3. The van der Waals surface area contributed by atoms with E-state index in [2.05, 4.69) is 11.0 Å². The van der Waals surface area contributed by atoms with Gasteiger partial charge >= 0.3 is 0 Å².